The molecule has 0 radical (unpaired) electrons. The van der Waals surface area contributed by atoms with Gasteiger partial charge in [0.15, 0.2) is 0 Å². The van der Waals surface area contributed by atoms with Crippen LogP contribution in [0.4, 0.5) is 0 Å². The van der Waals surface area contributed by atoms with Crippen LogP contribution >= 0.6 is 0 Å². The first-order chi connectivity index (χ1) is 8.20. The van der Waals surface area contributed by atoms with Gasteiger partial charge in [-0.3, -0.25) is 0 Å². The predicted octanol–water partition coefficient (Wildman–Crippen LogP) is 0.130. The van der Waals surface area contributed by atoms with Crippen molar-refractivity contribution in [1.82, 2.24) is 9.03 Å². The molecule has 0 spiro atoms. The Balaban J connectivity index is 2.62. The monoisotopic (exact) mass is 298 g/mol. The van der Waals surface area contributed by atoms with Gasteiger partial charge in [-0.05, 0) is 12.8 Å². The quantitative estimate of drug-likeness (QED) is 0.755. The topological polar surface area (TPSA) is 83.6 Å². The average molecular weight is 298 g/mol. The van der Waals surface area contributed by atoms with Crippen LogP contribution in [0.1, 0.15) is 32.1 Å². The van der Waals surface area contributed by atoms with Crippen LogP contribution in [0.25, 0.3) is 0 Å². The molecule has 0 aromatic rings. The Morgan fingerprint density at radius 3 is 2.06 bits per heavy atom. The Kier molecular flexibility index (Phi) is 5.57. The number of rotatable bonds is 6. The Labute approximate surface area is 110 Å². The Hall–Kier alpha value is -0.180. The number of sulfonamides is 2. The maximum atomic E-state index is 11.7. The molecule has 0 aliphatic heterocycles. The number of hydrogen-bond acceptors (Lipinski definition) is 4. The second-order valence-electron chi connectivity index (χ2n) is 4.83. The summed E-state index contributed by atoms with van der Waals surface area (Å²) in [5.74, 6) is 0. The van der Waals surface area contributed by atoms with Gasteiger partial charge in [-0.1, -0.05) is 19.3 Å². The van der Waals surface area contributed by atoms with Crippen LogP contribution in [-0.4, -0.2) is 52.8 Å². The Bertz CT molecular complexity index is 452. The summed E-state index contributed by atoms with van der Waals surface area (Å²) in [5, 5.41) is 0. The molecular formula is C10H22N2O4S2. The van der Waals surface area contributed by atoms with Crippen molar-refractivity contribution in [2.75, 3.05) is 25.6 Å². The molecule has 0 heterocycles. The van der Waals surface area contributed by atoms with E-state index in [0.717, 1.165) is 38.4 Å². The van der Waals surface area contributed by atoms with Crippen LogP contribution in [0.5, 0.6) is 0 Å². The van der Waals surface area contributed by atoms with Crippen molar-refractivity contribution < 1.29 is 16.8 Å². The summed E-state index contributed by atoms with van der Waals surface area (Å²) in [4.78, 5) is 0. The fourth-order valence-corrected chi connectivity index (χ4v) is 3.97. The highest BCUT2D eigenvalue weighted by molar-refractivity contribution is 7.88. The standard InChI is InChI=1S/C10H22N2O4S2/c1-17(13,14)11-8-9-12(18(2,15)16)10-6-4-3-5-7-10/h10-11H,3-9H2,1-2H3. The molecule has 0 aromatic heterocycles. The van der Waals surface area contributed by atoms with Crippen molar-refractivity contribution in [2.45, 2.75) is 38.1 Å². The lowest BCUT2D eigenvalue weighted by Crippen LogP contribution is -2.44. The average Bonchev–Trinajstić information content (AvgIpc) is 2.22. The highest BCUT2D eigenvalue weighted by Crippen LogP contribution is 2.23. The van der Waals surface area contributed by atoms with Crippen molar-refractivity contribution in [1.29, 1.82) is 0 Å². The van der Waals surface area contributed by atoms with Crippen molar-refractivity contribution >= 4 is 20.0 Å². The highest BCUT2D eigenvalue weighted by atomic mass is 32.2. The van der Waals surface area contributed by atoms with E-state index in [2.05, 4.69) is 4.72 Å². The van der Waals surface area contributed by atoms with Crippen molar-refractivity contribution in [3.8, 4) is 0 Å². The van der Waals surface area contributed by atoms with Gasteiger partial charge in [-0.15, -0.1) is 0 Å². The van der Waals surface area contributed by atoms with E-state index in [1.165, 1.54) is 10.6 Å². The highest BCUT2D eigenvalue weighted by Gasteiger charge is 2.27. The molecule has 0 saturated heterocycles. The summed E-state index contributed by atoms with van der Waals surface area (Å²) >= 11 is 0. The lowest BCUT2D eigenvalue weighted by molar-refractivity contribution is 0.257. The van der Waals surface area contributed by atoms with Gasteiger partial charge < -0.3 is 0 Å². The van der Waals surface area contributed by atoms with Crippen LogP contribution < -0.4 is 4.72 Å². The van der Waals surface area contributed by atoms with Crippen molar-refractivity contribution in [3.63, 3.8) is 0 Å². The summed E-state index contributed by atoms with van der Waals surface area (Å²) in [6.45, 7) is 0.332. The maximum Gasteiger partial charge on any atom is 0.211 e. The lowest BCUT2D eigenvalue weighted by atomic mass is 9.95. The Morgan fingerprint density at radius 1 is 1.06 bits per heavy atom. The molecule has 0 unspecified atom stereocenters. The smallest absolute Gasteiger partial charge is 0.211 e. The van der Waals surface area contributed by atoms with Crippen LogP contribution in [0.2, 0.25) is 0 Å². The first kappa shape index (κ1) is 15.9. The van der Waals surface area contributed by atoms with Gasteiger partial charge in [0, 0.05) is 19.1 Å². The summed E-state index contributed by atoms with van der Waals surface area (Å²) in [7, 11) is -6.55. The van der Waals surface area contributed by atoms with Gasteiger partial charge in [0.05, 0.1) is 12.5 Å². The summed E-state index contributed by atoms with van der Waals surface area (Å²) in [5.41, 5.74) is 0. The molecule has 0 amide bonds. The molecule has 1 N–H and O–H groups in total. The second kappa shape index (κ2) is 6.31. The summed E-state index contributed by atoms with van der Waals surface area (Å²) in [6.07, 6.45) is 7.21. The molecule has 6 nitrogen and oxygen atoms in total. The predicted molar refractivity (Wildman–Crippen MR) is 71.3 cm³/mol. The third kappa shape index (κ3) is 5.64. The maximum absolute atomic E-state index is 11.7. The minimum Gasteiger partial charge on any atom is -0.214 e. The molecule has 0 aromatic carbocycles. The molecule has 1 rings (SSSR count). The van der Waals surface area contributed by atoms with Crippen LogP contribution in [-0.2, 0) is 20.0 Å². The molecule has 1 saturated carbocycles. The molecule has 1 aliphatic carbocycles. The number of nitrogens with zero attached hydrogens (tertiary/aromatic N) is 1. The van der Waals surface area contributed by atoms with E-state index < -0.39 is 20.0 Å². The molecular weight excluding hydrogens is 276 g/mol. The van der Waals surface area contributed by atoms with E-state index in [4.69, 9.17) is 0 Å². The van der Waals surface area contributed by atoms with Gasteiger partial charge in [0.2, 0.25) is 20.0 Å². The van der Waals surface area contributed by atoms with Gasteiger partial charge in [-0.25, -0.2) is 21.6 Å². The molecule has 1 fully saturated rings. The van der Waals surface area contributed by atoms with E-state index in [-0.39, 0.29) is 19.1 Å². The third-order valence-electron chi connectivity index (χ3n) is 3.10. The second-order valence-corrected chi connectivity index (χ2v) is 8.60. The van der Waals surface area contributed by atoms with E-state index in [1.807, 2.05) is 0 Å². The number of nitrogens with one attached hydrogen (secondary N) is 1. The summed E-state index contributed by atoms with van der Waals surface area (Å²) < 4.78 is 49.2. The fraction of sp³-hybridized carbons (Fsp3) is 1.00. The largest absolute Gasteiger partial charge is 0.214 e. The molecule has 1 aliphatic rings. The van der Waals surface area contributed by atoms with Gasteiger partial charge in [0.1, 0.15) is 0 Å². The molecule has 0 bridgehead atoms. The van der Waals surface area contributed by atoms with Crippen molar-refractivity contribution in [2.24, 2.45) is 0 Å². The van der Waals surface area contributed by atoms with E-state index in [1.54, 1.807) is 0 Å². The zero-order valence-corrected chi connectivity index (χ0v) is 12.6. The van der Waals surface area contributed by atoms with Gasteiger partial charge in [0.25, 0.3) is 0 Å². The van der Waals surface area contributed by atoms with Gasteiger partial charge in [-0.2, -0.15) is 4.31 Å². The minimum absolute atomic E-state index is 0.0233. The Morgan fingerprint density at radius 2 is 1.61 bits per heavy atom. The van der Waals surface area contributed by atoms with Gasteiger partial charge >= 0.3 is 0 Å². The zero-order valence-electron chi connectivity index (χ0n) is 10.9. The van der Waals surface area contributed by atoms with Crippen LogP contribution in [0.3, 0.4) is 0 Å². The lowest BCUT2D eigenvalue weighted by Gasteiger charge is -2.32. The molecule has 0 atom stereocenters. The molecule has 18 heavy (non-hydrogen) atoms. The SMILES string of the molecule is CS(=O)(=O)NCCN(C1CCCCC1)S(C)(=O)=O. The first-order valence-electron chi connectivity index (χ1n) is 6.11. The zero-order chi connectivity index (χ0) is 13.8. The fourth-order valence-electron chi connectivity index (χ4n) is 2.33. The van der Waals surface area contributed by atoms with Crippen molar-refractivity contribution in [3.05, 3.63) is 0 Å². The third-order valence-corrected chi connectivity index (χ3v) is 5.17. The minimum atomic E-state index is -3.28. The molecule has 8 heteroatoms. The van der Waals surface area contributed by atoms with Crippen LogP contribution in [0.15, 0.2) is 0 Å². The van der Waals surface area contributed by atoms with E-state index in [0.29, 0.717) is 0 Å². The van der Waals surface area contributed by atoms with E-state index >= 15 is 0 Å². The van der Waals surface area contributed by atoms with Crippen LogP contribution in [0, 0.1) is 0 Å². The summed E-state index contributed by atoms with van der Waals surface area (Å²) in [6, 6.07) is 0.0233. The normalized spacial score (nSPS) is 19.3. The van der Waals surface area contributed by atoms with E-state index in [9.17, 15) is 16.8 Å². The molecule has 108 valence electrons. The number of hydrogen-bond donors (Lipinski definition) is 1. The first-order valence-corrected chi connectivity index (χ1v) is 9.85.